The monoisotopic (exact) mass is 192 g/mol. The maximum absolute atomic E-state index is 5.52. The van der Waals surface area contributed by atoms with Gasteiger partial charge in [0.25, 0.3) is 0 Å². The van der Waals surface area contributed by atoms with Crippen molar-refractivity contribution in [2.45, 2.75) is 9.09 Å². The molecular formula is C4H8B4N2S2. The first-order chi connectivity index (χ1) is 5.33. The van der Waals surface area contributed by atoms with Crippen molar-refractivity contribution in [2.75, 3.05) is 13.1 Å². The fourth-order valence-corrected chi connectivity index (χ4v) is 2.01. The SMILES string of the molecule is [B]C([B])(CN)SSC([B])([B])CN. The zero-order valence-corrected chi connectivity index (χ0v) is 8.33. The van der Waals surface area contributed by atoms with E-state index in [-0.39, 0.29) is 13.1 Å². The molecule has 0 unspecified atom stereocenters. The van der Waals surface area contributed by atoms with Crippen LogP contribution in [0.25, 0.3) is 0 Å². The lowest BCUT2D eigenvalue weighted by atomic mass is 9.70. The fraction of sp³-hybridized carbons (Fsp3) is 1.00. The summed E-state index contributed by atoms with van der Waals surface area (Å²) < 4.78 is -2.02. The molecule has 0 aliphatic rings. The Morgan fingerprint density at radius 3 is 1.25 bits per heavy atom. The third-order valence-corrected chi connectivity index (χ3v) is 4.14. The number of hydrogen-bond acceptors (Lipinski definition) is 4. The van der Waals surface area contributed by atoms with Gasteiger partial charge in [0.2, 0.25) is 0 Å². The Morgan fingerprint density at radius 2 is 1.08 bits per heavy atom. The molecule has 0 aliphatic heterocycles. The van der Waals surface area contributed by atoms with E-state index < -0.39 is 9.09 Å². The fourth-order valence-electron chi connectivity index (χ4n) is 0.223. The molecule has 0 saturated heterocycles. The van der Waals surface area contributed by atoms with Gasteiger partial charge in [-0.05, 0) is 22.2 Å². The molecule has 0 rings (SSSR count). The molecule has 12 heavy (non-hydrogen) atoms. The third kappa shape index (κ3) is 5.51. The van der Waals surface area contributed by atoms with Crippen molar-refractivity contribution in [3.05, 3.63) is 0 Å². The summed E-state index contributed by atoms with van der Waals surface area (Å²) in [5.74, 6) is 0. The van der Waals surface area contributed by atoms with E-state index in [1.54, 1.807) is 0 Å². The Morgan fingerprint density at radius 1 is 0.833 bits per heavy atom. The van der Waals surface area contributed by atoms with Gasteiger partial charge < -0.3 is 11.5 Å². The highest BCUT2D eigenvalue weighted by molar-refractivity contribution is 8.78. The van der Waals surface area contributed by atoms with E-state index in [4.69, 9.17) is 42.9 Å². The average molecular weight is 192 g/mol. The predicted molar refractivity (Wildman–Crippen MR) is 61.8 cm³/mol. The zero-order valence-electron chi connectivity index (χ0n) is 6.69. The minimum absolute atomic E-state index is 0.144. The van der Waals surface area contributed by atoms with Crippen LogP contribution in [0, 0.1) is 0 Å². The van der Waals surface area contributed by atoms with Gasteiger partial charge in [-0.3, -0.25) is 0 Å². The molecular weight excluding hydrogens is 183 g/mol. The van der Waals surface area contributed by atoms with E-state index in [1.807, 2.05) is 0 Å². The summed E-state index contributed by atoms with van der Waals surface area (Å²) in [5.41, 5.74) is 10.6. The van der Waals surface area contributed by atoms with Crippen molar-refractivity contribution in [1.29, 1.82) is 0 Å². The van der Waals surface area contributed by atoms with Crippen molar-refractivity contribution in [3.8, 4) is 0 Å². The van der Waals surface area contributed by atoms with E-state index in [0.717, 1.165) is 21.6 Å². The lowest BCUT2D eigenvalue weighted by Crippen LogP contribution is -2.38. The van der Waals surface area contributed by atoms with Crippen LogP contribution in [0.15, 0.2) is 0 Å². The molecule has 0 amide bonds. The Bertz CT molecular complexity index is 127. The first-order valence-corrected chi connectivity index (χ1v) is 5.40. The Hall–Kier alpha value is 0.880. The third-order valence-electron chi connectivity index (χ3n) is 0.990. The molecule has 8 radical (unpaired) electrons. The second kappa shape index (κ2) is 4.94. The lowest BCUT2D eigenvalue weighted by Gasteiger charge is -2.29. The summed E-state index contributed by atoms with van der Waals surface area (Å²) in [5, 5.41) is 0. The van der Waals surface area contributed by atoms with E-state index in [9.17, 15) is 0 Å². The van der Waals surface area contributed by atoms with Crippen LogP contribution in [0.4, 0.5) is 0 Å². The van der Waals surface area contributed by atoms with E-state index >= 15 is 0 Å². The highest BCUT2D eigenvalue weighted by atomic mass is 33.1. The van der Waals surface area contributed by atoms with Gasteiger partial charge in [-0.1, -0.05) is 0 Å². The highest BCUT2D eigenvalue weighted by Crippen LogP contribution is 2.37. The van der Waals surface area contributed by atoms with Crippen molar-refractivity contribution in [1.82, 2.24) is 0 Å². The molecule has 0 bridgehead atoms. The number of rotatable bonds is 5. The normalized spacial score (nSPS) is 13.2. The molecule has 0 heterocycles. The Balaban J connectivity index is 3.82. The van der Waals surface area contributed by atoms with Crippen LogP contribution in [0.3, 0.4) is 0 Å². The van der Waals surface area contributed by atoms with Crippen LogP contribution in [0.2, 0.25) is 0 Å². The van der Waals surface area contributed by atoms with Crippen LogP contribution < -0.4 is 11.5 Å². The van der Waals surface area contributed by atoms with Crippen LogP contribution in [-0.2, 0) is 0 Å². The maximum Gasteiger partial charge on any atom is 0.0791 e. The van der Waals surface area contributed by atoms with Crippen molar-refractivity contribution >= 4 is 53.0 Å². The average Bonchev–Trinajstić information content (AvgIpc) is 2.02. The number of nitrogens with two attached hydrogens (primary N) is 2. The van der Waals surface area contributed by atoms with Gasteiger partial charge in [-0.25, -0.2) is 0 Å². The van der Waals surface area contributed by atoms with Gasteiger partial charge >= 0.3 is 0 Å². The Kier molecular flexibility index (Phi) is 5.30. The molecule has 0 fully saturated rings. The second-order valence-corrected chi connectivity index (χ2v) is 5.34. The standard InChI is InChI=1S/C4H8B4N2S2/c5-3(6,1-9)11-12-4(7,8)2-10/h1-2,9-10H2. The van der Waals surface area contributed by atoms with E-state index in [1.165, 1.54) is 0 Å². The first kappa shape index (κ1) is 12.9. The zero-order chi connectivity index (χ0) is 9.83. The van der Waals surface area contributed by atoms with Crippen LogP contribution >= 0.6 is 21.6 Å². The second-order valence-electron chi connectivity index (χ2n) is 2.48. The lowest BCUT2D eigenvalue weighted by molar-refractivity contribution is 1.03. The predicted octanol–water partition coefficient (Wildman–Crippen LogP) is -1.73. The van der Waals surface area contributed by atoms with Crippen LogP contribution in [0.1, 0.15) is 0 Å². The molecule has 0 aromatic rings. The van der Waals surface area contributed by atoms with Crippen molar-refractivity contribution < 1.29 is 0 Å². The molecule has 0 aromatic carbocycles. The molecule has 58 valence electrons. The minimum atomic E-state index is -1.01. The molecule has 8 heteroatoms. The first-order valence-electron chi connectivity index (χ1n) is 3.25. The largest absolute Gasteiger partial charge is 0.331 e. The molecule has 0 spiro atoms. The smallest absolute Gasteiger partial charge is 0.0791 e. The Labute approximate surface area is 86.8 Å². The number of hydrogen-bond donors (Lipinski definition) is 2. The minimum Gasteiger partial charge on any atom is -0.331 e. The van der Waals surface area contributed by atoms with E-state index in [0.29, 0.717) is 0 Å². The molecule has 0 aromatic heterocycles. The highest BCUT2D eigenvalue weighted by Gasteiger charge is 2.22. The topological polar surface area (TPSA) is 52.0 Å². The van der Waals surface area contributed by atoms with Gasteiger partial charge in [0.05, 0.1) is 31.4 Å². The van der Waals surface area contributed by atoms with Crippen LogP contribution in [0.5, 0.6) is 0 Å². The molecule has 4 N–H and O–H groups in total. The summed E-state index contributed by atoms with van der Waals surface area (Å²) in [7, 11) is 24.3. The quantitative estimate of drug-likeness (QED) is 0.401. The summed E-state index contributed by atoms with van der Waals surface area (Å²) in [6, 6.07) is 0. The summed E-state index contributed by atoms with van der Waals surface area (Å²) in [6.07, 6.45) is 0. The van der Waals surface area contributed by atoms with E-state index in [2.05, 4.69) is 0 Å². The van der Waals surface area contributed by atoms with Gasteiger partial charge in [0.1, 0.15) is 0 Å². The van der Waals surface area contributed by atoms with Gasteiger partial charge in [-0.2, -0.15) is 0 Å². The van der Waals surface area contributed by atoms with Crippen LogP contribution in [-0.4, -0.2) is 53.6 Å². The molecule has 0 saturated carbocycles. The summed E-state index contributed by atoms with van der Waals surface area (Å²) >= 11 is 0. The molecule has 0 aliphatic carbocycles. The van der Waals surface area contributed by atoms with Gasteiger partial charge in [0, 0.05) is 0 Å². The summed E-state index contributed by atoms with van der Waals surface area (Å²) in [6.45, 7) is 0.288. The summed E-state index contributed by atoms with van der Waals surface area (Å²) in [4.78, 5) is 0. The van der Waals surface area contributed by atoms with Gasteiger partial charge in [-0.15, -0.1) is 21.6 Å². The molecule has 2 nitrogen and oxygen atoms in total. The maximum atomic E-state index is 5.52. The van der Waals surface area contributed by atoms with Crippen molar-refractivity contribution in [2.24, 2.45) is 11.5 Å². The van der Waals surface area contributed by atoms with Crippen molar-refractivity contribution in [3.63, 3.8) is 0 Å². The molecule has 0 atom stereocenters. The van der Waals surface area contributed by atoms with Gasteiger partial charge in [0.15, 0.2) is 0 Å².